The molecule has 1 aliphatic heterocycles. The van der Waals surface area contributed by atoms with Gasteiger partial charge in [-0.15, -0.1) is 10.2 Å². The molecule has 1 amide bonds. The number of allylic oxidation sites excluding steroid dienone is 4. The number of rotatable bonds is 4. The summed E-state index contributed by atoms with van der Waals surface area (Å²) in [7, 11) is -3.24. The molecule has 1 atom stereocenters. The maximum absolute atomic E-state index is 12.8. The van der Waals surface area contributed by atoms with Crippen molar-refractivity contribution in [1.82, 2.24) is 18.9 Å². The molecule has 35 heavy (non-hydrogen) atoms. The molecule has 3 aromatic rings. The van der Waals surface area contributed by atoms with E-state index in [2.05, 4.69) is 47.2 Å². The zero-order valence-corrected chi connectivity index (χ0v) is 21.5. The Morgan fingerprint density at radius 1 is 1.06 bits per heavy atom. The number of hydrogen-bond acceptors (Lipinski definition) is 5. The SMILES string of the molecule is Cc1cc(C)c2c(c1)cc(C)c1nnc(SCC(=O)N=C3C=CC(=S(=O)(O)N4CCCC4)C=C3)n12. The number of pyridine rings is 1. The number of aliphatic imine (C=N–C) groups is 1. The number of aromatic nitrogens is 3. The standard InChI is InChI=1S/C25H27N5O3S2/c1-16-12-17(2)23-19(13-16)14-18(3)24-27-28-25(30(23)24)34-15-22(31)26-20-6-8-21(9-7-20)35(32,33)29-10-4-5-11-29/h6-9,12-14H,4-5,10-11,15H2,1-3H3,(H,32,33). The molecule has 0 saturated carbocycles. The molecule has 0 radical (unpaired) electrons. The Bertz CT molecular complexity index is 1550. The van der Waals surface area contributed by atoms with Crippen LogP contribution in [0.25, 0.3) is 16.6 Å². The van der Waals surface area contributed by atoms with Crippen molar-refractivity contribution < 1.29 is 13.6 Å². The van der Waals surface area contributed by atoms with Gasteiger partial charge in [-0.25, -0.2) is 13.5 Å². The van der Waals surface area contributed by atoms with Crippen molar-refractivity contribution in [3.63, 3.8) is 0 Å². The molecule has 0 bridgehead atoms. The maximum atomic E-state index is 12.8. The van der Waals surface area contributed by atoms with E-state index < -0.39 is 9.99 Å². The summed E-state index contributed by atoms with van der Waals surface area (Å²) in [6.45, 7) is 7.38. The fourth-order valence-corrected chi connectivity index (χ4v) is 6.88. The van der Waals surface area contributed by atoms with Crippen LogP contribution < -0.4 is 0 Å². The predicted octanol–water partition coefficient (Wildman–Crippen LogP) is 3.93. The summed E-state index contributed by atoms with van der Waals surface area (Å²) in [5, 5.41) is 10.5. The molecule has 1 N–H and O–H groups in total. The average molecular weight is 510 g/mol. The number of carbonyl (C=O) groups is 1. The highest BCUT2D eigenvalue weighted by atomic mass is 32.2. The lowest BCUT2D eigenvalue weighted by Crippen LogP contribution is -2.32. The lowest BCUT2D eigenvalue weighted by Gasteiger charge is -2.19. The first-order chi connectivity index (χ1) is 16.7. The van der Waals surface area contributed by atoms with Gasteiger partial charge in [-0.3, -0.25) is 9.20 Å². The fraction of sp³-hybridized carbons (Fsp3) is 0.320. The molecule has 1 aromatic carbocycles. The van der Waals surface area contributed by atoms with Crippen molar-refractivity contribution in [1.29, 1.82) is 0 Å². The van der Waals surface area contributed by atoms with Crippen LogP contribution in [0.3, 0.4) is 0 Å². The van der Waals surface area contributed by atoms with E-state index in [1.807, 2.05) is 11.3 Å². The molecule has 1 saturated heterocycles. The molecule has 3 heterocycles. The van der Waals surface area contributed by atoms with Gasteiger partial charge in [-0.2, -0.15) is 0 Å². The monoisotopic (exact) mass is 509 g/mol. The van der Waals surface area contributed by atoms with Crippen molar-refractivity contribution >= 4 is 54.8 Å². The highest BCUT2D eigenvalue weighted by molar-refractivity contribution is 7.99. The number of carbonyl (C=O) groups excluding carboxylic acids is 1. The molecule has 2 aliphatic rings. The number of amides is 1. The highest BCUT2D eigenvalue weighted by Crippen LogP contribution is 2.28. The minimum atomic E-state index is -3.24. The third-order valence-corrected chi connectivity index (χ3v) is 9.06. The van der Waals surface area contributed by atoms with Crippen molar-refractivity contribution in [2.75, 3.05) is 18.8 Å². The second kappa shape index (κ2) is 9.34. The van der Waals surface area contributed by atoms with Crippen molar-refractivity contribution in [3.8, 4) is 0 Å². The number of benzene rings is 1. The summed E-state index contributed by atoms with van der Waals surface area (Å²) < 4.78 is 26.9. The van der Waals surface area contributed by atoms with Gasteiger partial charge >= 0.3 is 0 Å². The van der Waals surface area contributed by atoms with Crippen molar-refractivity contribution in [2.45, 2.75) is 38.8 Å². The topological polar surface area (TPSA) is 100 Å². The smallest absolute Gasteiger partial charge is 0.256 e. The van der Waals surface area contributed by atoms with E-state index in [9.17, 15) is 13.6 Å². The molecule has 5 rings (SSSR count). The predicted molar refractivity (Wildman–Crippen MR) is 143 cm³/mol. The van der Waals surface area contributed by atoms with E-state index in [0.717, 1.165) is 40.5 Å². The van der Waals surface area contributed by atoms with Crippen LogP contribution in [-0.4, -0.2) is 63.0 Å². The van der Waals surface area contributed by atoms with Crippen LogP contribution in [0.2, 0.25) is 0 Å². The van der Waals surface area contributed by atoms with E-state index in [4.69, 9.17) is 0 Å². The molecule has 10 heteroatoms. The molecular weight excluding hydrogens is 482 g/mol. The summed E-state index contributed by atoms with van der Waals surface area (Å²) in [6.07, 6.45) is 8.22. The van der Waals surface area contributed by atoms with E-state index in [1.54, 1.807) is 28.6 Å². The molecular formula is C25H27N5O3S2. The van der Waals surface area contributed by atoms with Crippen molar-refractivity contribution in [2.24, 2.45) is 4.99 Å². The molecule has 8 nitrogen and oxygen atoms in total. The third kappa shape index (κ3) is 4.58. The largest absolute Gasteiger partial charge is 0.302 e. The summed E-state index contributed by atoms with van der Waals surface area (Å²) in [5.41, 5.74) is 5.60. The Labute approximate surface area is 208 Å². The first-order valence-corrected chi connectivity index (χ1v) is 13.9. The summed E-state index contributed by atoms with van der Waals surface area (Å²) in [4.78, 5) is 17.1. The zero-order chi connectivity index (χ0) is 24.7. The molecule has 1 fully saturated rings. The Morgan fingerprint density at radius 2 is 1.77 bits per heavy atom. The first-order valence-electron chi connectivity index (χ1n) is 11.5. The Kier molecular flexibility index (Phi) is 6.39. The van der Waals surface area contributed by atoms with Crippen LogP contribution in [0, 0.1) is 20.8 Å². The van der Waals surface area contributed by atoms with Gasteiger partial charge in [0.05, 0.1) is 21.8 Å². The maximum Gasteiger partial charge on any atom is 0.256 e. The van der Waals surface area contributed by atoms with Gasteiger partial charge in [0, 0.05) is 13.1 Å². The Balaban J connectivity index is 1.36. The number of fused-ring (bicyclic) bond motifs is 3. The summed E-state index contributed by atoms with van der Waals surface area (Å²) in [5.74, 6) is -0.207. The third-order valence-electron chi connectivity index (χ3n) is 6.19. The van der Waals surface area contributed by atoms with Crippen LogP contribution in [0.1, 0.15) is 29.5 Å². The summed E-state index contributed by atoms with van der Waals surface area (Å²) >= 11 is 1.30. The van der Waals surface area contributed by atoms with Crippen LogP contribution >= 0.6 is 11.8 Å². The van der Waals surface area contributed by atoms with Crippen LogP contribution in [0.5, 0.6) is 0 Å². The van der Waals surface area contributed by atoms with Gasteiger partial charge in [0.2, 0.25) is 0 Å². The molecule has 1 unspecified atom stereocenters. The second-order valence-electron chi connectivity index (χ2n) is 8.91. The van der Waals surface area contributed by atoms with E-state index in [1.165, 1.54) is 17.3 Å². The lowest BCUT2D eigenvalue weighted by atomic mass is 10.1. The zero-order valence-electron chi connectivity index (χ0n) is 19.9. The number of nitrogens with zero attached hydrogens (tertiary/aromatic N) is 5. The minimum absolute atomic E-state index is 0.105. The van der Waals surface area contributed by atoms with Gasteiger partial charge in [0.1, 0.15) is 0 Å². The van der Waals surface area contributed by atoms with Gasteiger partial charge in [-0.05, 0) is 86.6 Å². The van der Waals surface area contributed by atoms with E-state index in [-0.39, 0.29) is 11.7 Å². The van der Waals surface area contributed by atoms with Gasteiger partial charge in [0.15, 0.2) is 20.8 Å². The van der Waals surface area contributed by atoms with Crippen LogP contribution in [0.15, 0.2) is 52.7 Å². The number of aryl methyl sites for hydroxylation is 3. The number of hydrogen-bond donors (Lipinski definition) is 1. The van der Waals surface area contributed by atoms with E-state index >= 15 is 0 Å². The molecule has 2 aromatic heterocycles. The van der Waals surface area contributed by atoms with Crippen LogP contribution in [-0.2, 0) is 14.8 Å². The van der Waals surface area contributed by atoms with Crippen molar-refractivity contribution in [3.05, 3.63) is 59.2 Å². The normalized spacial score (nSPS) is 18.1. The molecule has 1 aliphatic carbocycles. The number of thioether (sulfide) groups is 1. The minimum Gasteiger partial charge on any atom is -0.302 e. The lowest BCUT2D eigenvalue weighted by molar-refractivity contribution is -0.115. The Hall–Kier alpha value is -2.79. The Morgan fingerprint density at radius 3 is 2.49 bits per heavy atom. The fourth-order valence-electron chi connectivity index (χ4n) is 4.61. The highest BCUT2D eigenvalue weighted by Gasteiger charge is 2.23. The molecule has 0 spiro atoms. The quantitative estimate of drug-likeness (QED) is 0.423. The summed E-state index contributed by atoms with van der Waals surface area (Å²) in [6, 6.07) is 6.39. The second-order valence-corrected chi connectivity index (χ2v) is 11.8. The van der Waals surface area contributed by atoms with E-state index in [0.29, 0.717) is 28.8 Å². The molecule has 182 valence electrons. The first kappa shape index (κ1) is 23.9. The average Bonchev–Trinajstić information content (AvgIpc) is 3.49. The van der Waals surface area contributed by atoms with Crippen LogP contribution in [0.4, 0.5) is 0 Å². The van der Waals surface area contributed by atoms with Gasteiger partial charge < -0.3 is 4.55 Å². The van der Waals surface area contributed by atoms with Gasteiger partial charge in [-0.1, -0.05) is 23.4 Å². The van der Waals surface area contributed by atoms with Gasteiger partial charge in [0.25, 0.3) is 5.91 Å².